The Morgan fingerprint density at radius 1 is 1.79 bits per heavy atom. The van der Waals surface area contributed by atoms with Crippen molar-refractivity contribution in [3.05, 3.63) is 23.9 Å². The Bertz CT molecular complexity index is 328. The van der Waals surface area contributed by atoms with Crippen LogP contribution in [-0.4, -0.2) is 23.2 Å². The Kier molecular flexibility index (Phi) is 3.41. The summed E-state index contributed by atoms with van der Waals surface area (Å²) >= 11 is 0. The number of nitrogens with two attached hydrogens (primary N) is 1. The molecule has 1 heterocycles. The molecule has 5 nitrogen and oxygen atoms in total. The van der Waals surface area contributed by atoms with Gasteiger partial charge in [-0.25, -0.2) is 4.98 Å². The Morgan fingerprint density at radius 3 is 3.07 bits per heavy atom. The van der Waals surface area contributed by atoms with Gasteiger partial charge in [-0.3, -0.25) is 4.79 Å². The number of aromatic nitrogens is 1. The number of rotatable bonds is 4. The third-order valence-electron chi connectivity index (χ3n) is 1.79. The summed E-state index contributed by atoms with van der Waals surface area (Å²) in [6.07, 6.45) is 1.43. The number of carbonyl (C=O) groups is 1. The van der Waals surface area contributed by atoms with E-state index in [9.17, 15) is 4.79 Å². The van der Waals surface area contributed by atoms with Crippen LogP contribution < -0.4 is 10.5 Å². The molecular weight excluding hydrogens is 184 g/mol. The third-order valence-corrected chi connectivity index (χ3v) is 1.79. The Hall–Kier alpha value is -1.62. The van der Waals surface area contributed by atoms with Gasteiger partial charge in [0, 0.05) is 18.3 Å². The van der Waals surface area contributed by atoms with Gasteiger partial charge in [0.25, 0.3) is 0 Å². The molecule has 0 amide bonds. The monoisotopic (exact) mass is 196 g/mol. The van der Waals surface area contributed by atoms with Gasteiger partial charge < -0.3 is 15.6 Å². The normalized spacial score (nSPS) is 12.1. The van der Waals surface area contributed by atoms with Gasteiger partial charge in [0.1, 0.15) is 0 Å². The minimum Gasteiger partial charge on any atom is -0.481 e. The first-order valence-electron chi connectivity index (χ1n) is 4.11. The van der Waals surface area contributed by atoms with Crippen LogP contribution >= 0.6 is 0 Å². The summed E-state index contributed by atoms with van der Waals surface area (Å²) in [5.41, 5.74) is 6.36. The fraction of sp³-hybridized carbons (Fsp3) is 0.333. The first kappa shape index (κ1) is 10.5. The van der Waals surface area contributed by atoms with Crippen LogP contribution in [0.1, 0.15) is 18.0 Å². The number of hydrogen-bond acceptors (Lipinski definition) is 4. The van der Waals surface area contributed by atoms with Crippen molar-refractivity contribution >= 4 is 5.97 Å². The van der Waals surface area contributed by atoms with Crippen LogP contribution in [0.4, 0.5) is 0 Å². The molecule has 0 fully saturated rings. The van der Waals surface area contributed by atoms with Gasteiger partial charge in [0.2, 0.25) is 5.88 Å². The summed E-state index contributed by atoms with van der Waals surface area (Å²) in [6.45, 7) is 0. The van der Waals surface area contributed by atoms with E-state index in [1.54, 1.807) is 12.1 Å². The highest BCUT2D eigenvalue weighted by Crippen LogP contribution is 2.17. The lowest BCUT2D eigenvalue weighted by Crippen LogP contribution is -2.15. The summed E-state index contributed by atoms with van der Waals surface area (Å²) in [4.78, 5) is 14.3. The highest BCUT2D eigenvalue weighted by atomic mass is 16.5. The van der Waals surface area contributed by atoms with Crippen molar-refractivity contribution in [3.63, 3.8) is 0 Å². The zero-order valence-electron chi connectivity index (χ0n) is 7.80. The number of methoxy groups -OCH3 is 1. The third kappa shape index (κ3) is 2.70. The maximum atomic E-state index is 10.4. The van der Waals surface area contributed by atoms with E-state index in [0.29, 0.717) is 11.4 Å². The summed E-state index contributed by atoms with van der Waals surface area (Å²) in [5, 5.41) is 8.54. The minimum absolute atomic E-state index is 0.104. The second-order valence-electron chi connectivity index (χ2n) is 2.84. The Morgan fingerprint density at radius 2 is 2.50 bits per heavy atom. The van der Waals surface area contributed by atoms with Gasteiger partial charge in [-0.1, -0.05) is 0 Å². The zero-order chi connectivity index (χ0) is 10.6. The first-order chi connectivity index (χ1) is 6.63. The molecule has 0 aliphatic heterocycles. The van der Waals surface area contributed by atoms with Crippen LogP contribution in [0, 0.1) is 0 Å². The molecule has 0 saturated heterocycles. The van der Waals surface area contributed by atoms with Crippen LogP contribution in [0.5, 0.6) is 5.88 Å². The van der Waals surface area contributed by atoms with Crippen molar-refractivity contribution in [2.45, 2.75) is 12.5 Å². The second-order valence-corrected chi connectivity index (χ2v) is 2.84. The molecule has 0 unspecified atom stereocenters. The van der Waals surface area contributed by atoms with E-state index in [-0.39, 0.29) is 6.42 Å². The van der Waals surface area contributed by atoms with Crippen LogP contribution in [-0.2, 0) is 4.79 Å². The Balaban J connectivity index is 2.78. The van der Waals surface area contributed by atoms with Crippen LogP contribution in [0.15, 0.2) is 18.3 Å². The summed E-state index contributed by atoms with van der Waals surface area (Å²) in [6, 6.07) is 2.79. The van der Waals surface area contributed by atoms with Crippen molar-refractivity contribution in [1.29, 1.82) is 0 Å². The predicted octanol–water partition coefficient (Wildman–Crippen LogP) is 0.565. The van der Waals surface area contributed by atoms with E-state index < -0.39 is 12.0 Å². The number of carboxylic acids is 1. The molecule has 14 heavy (non-hydrogen) atoms. The summed E-state index contributed by atoms with van der Waals surface area (Å²) in [5.74, 6) is -0.489. The lowest BCUT2D eigenvalue weighted by atomic mass is 10.1. The summed E-state index contributed by atoms with van der Waals surface area (Å²) < 4.78 is 4.90. The van der Waals surface area contributed by atoms with Crippen LogP contribution in [0.25, 0.3) is 0 Å². The molecular formula is C9H12N2O3. The van der Waals surface area contributed by atoms with E-state index in [4.69, 9.17) is 15.6 Å². The number of carboxylic acid groups (broad SMARTS) is 1. The highest BCUT2D eigenvalue weighted by molar-refractivity contribution is 5.67. The molecule has 0 aliphatic carbocycles. The Labute approximate surface area is 81.5 Å². The lowest BCUT2D eigenvalue weighted by molar-refractivity contribution is -0.137. The maximum Gasteiger partial charge on any atom is 0.305 e. The topological polar surface area (TPSA) is 85.4 Å². The molecule has 1 aromatic heterocycles. The molecule has 1 atom stereocenters. The number of ether oxygens (including phenoxy) is 1. The van der Waals surface area contributed by atoms with E-state index in [1.165, 1.54) is 13.3 Å². The van der Waals surface area contributed by atoms with Crippen LogP contribution in [0.2, 0.25) is 0 Å². The number of hydrogen-bond donors (Lipinski definition) is 2. The molecule has 0 saturated carbocycles. The molecule has 0 spiro atoms. The zero-order valence-corrected chi connectivity index (χ0v) is 7.80. The quantitative estimate of drug-likeness (QED) is 0.735. The molecule has 1 aromatic rings. The molecule has 0 aliphatic rings. The fourth-order valence-corrected chi connectivity index (χ4v) is 1.07. The molecule has 76 valence electrons. The fourth-order valence-electron chi connectivity index (χ4n) is 1.07. The maximum absolute atomic E-state index is 10.4. The molecule has 0 aromatic carbocycles. The van der Waals surface area contributed by atoms with Gasteiger partial charge in [-0.15, -0.1) is 0 Å². The second kappa shape index (κ2) is 4.57. The molecule has 3 N–H and O–H groups in total. The van der Waals surface area contributed by atoms with E-state index in [0.717, 1.165) is 0 Å². The van der Waals surface area contributed by atoms with Gasteiger partial charge in [-0.05, 0) is 11.6 Å². The largest absolute Gasteiger partial charge is 0.481 e. The van der Waals surface area contributed by atoms with Gasteiger partial charge in [0.15, 0.2) is 0 Å². The van der Waals surface area contributed by atoms with Crippen molar-refractivity contribution in [2.24, 2.45) is 5.73 Å². The molecule has 1 rings (SSSR count). The molecule has 5 heteroatoms. The highest BCUT2D eigenvalue weighted by Gasteiger charge is 2.11. The SMILES string of the molecule is COc1cc([C@@H](N)CC(=O)O)ccn1. The molecule has 0 bridgehead atoms. The van der Waals surface area contributed by atoms with E-state index in [2.05, 4.69) is 4.98 Å². The lowest BCUT2D eigenvalue weighted by Gasteiger charge is -2.09. The van der Waals surface area contributed by atoms with E-state index in [1.807, 2.05) is 0 Å². The van der Waals surface area contributed by atoms with Crippen LogP contribution in [0.3, 0.4) is 0 Å². The van der Waals surface area contributed by atoms with Crippen molar-refractivity contribution < 1.29 is 14.6 Å². The standard InChI is InChI=1S/C9H12N2O3/c1-14-8-4-6(2-3-11-8)7(10)5-9(12)13/h2-4,7H,5,10H2,1H3,(H,12,13)/t7-/m0/s1. The average molecular weight is 196 g/mol. The van der Waals surface area contributed by atoms with Gasteiger partial charge in [0.05, 0.1) is 13.5 Å². The van der Waals surface area contributed by atoms with Gasteiger partial charge >= 0.3 is 5.97 Å². The minimum atomic E-state index is -0.923. The molecule has 0 radical (unpaired) electrons. The predicted molar refractivity (Wildman–Crippen MR) is 50.0 cm³/mol. The first-order valence-corrected chi connectivity index (χ1v) is 4.11. The number of pyridine rings is 1. The number of aliphatic carboxylic acids is 1. The van der Waals surface area contributed by atoms with Crippen molar-refractivity contribution in [1.82, 2.24) is 4.98 Å². The van der Waals surface area contributed by atoms with Gasteiger partial charge in [-0.2, -0.15) is 0 Å². The number of nitrogens with zero attached hydrogens (tertiary/aromatic N) is 1. The smallest absolute Gasteiger partial charge is 0.305 e. The summed E-state index contributed by atoms with van der Waals surface area (Å²) in [7, 11) is 1.49. The van der Waals surface area contributed by atoms with E-state index >= 15 is 0 Å². The van der Waals surface area contributed by atoms with Crippen molar-refractivity contribution in [3.8, 4) is 5.88 Å². The average Bonchev–Trinajstić information content (AvgIpc) is 2.17. The van der Waals surface area contributed by atoms with Crippen molar-refractivity contribution in [2.75, 3.05) is 7.11 Å².